The number of nitrogens with one attached hydrogen (secondary N) is 1. The van der Waals surface area contributed by atoms with Crippen LogP contribution in [0.1, 0.15) is 32.2 Å². The number of thiazole rings is 1. The van der Waals surface area contributed by atoms with Gasteiger partial charge in [0, 0.05) is 18.8 Å². The Hall–Kier alpha value is -1.42. The second-order valence-electron chi connectivity index (χ2n) is 7.20. The summed E-state index contributed by atoms with van der Waals surface area (Å²) in [6.07, 6.45) is 0.983. The van der Waals surface area contributed by atoms with Crippen molar-refractivity contribution >= 4 is 35.6 Å². The number of anilines is 1. The molecule has 6 heteroatoms. The molecule has 0 saturated heterocycles. The highest BCUT2D eigenvalue weighted by Crippen LogP contribution is 2.36. The number of fused-ring (bicyclic) bond motifs is 1. The molecule has 0 unspecified atom stereocenters. The van der Waals surface area contributed by atoms with Crippen molar-refractivity contribution in [2.75, 3.05) is 18.5 Å². The zero-order chi connectivity index (χ0) is 17.1. The molecule has 1 aromatic heterocycles. The van der Waals surface area contributed by atoms with Crippen LogP contribution in [0, 0.1) is 11.3 Å². The molecule has 0 radical (unpaired) electrons. The quantitative estimate of drug-likeness (QED) is 0.590. The first-order chi connectivity index (χ1) is 10.7. The standard InChI is InChI=1S/C17H25N3OSSi/c1-17(2,3)23(4,5)21-10-6-9-19-13-7-8-14-15(11-13)22-16(12-18)20-14/h7-8,11,19H,6,9-10H2,1-5H3. The molecule has 1 N–H and O–H groups in total. The number of rotatable bonds is 6. The van der Waals surface area contributed by atoms with Crippen LogP contribution in [0.15, 0.2) is 18.2 Å². The lowest BCUT2D eigenvalue weighted by Gasteiger charge is -2.36. The summed E-state index contributed by atoms with van der Waals surface area (Å²) in [5.41, 5.74) is 1.95. The minimum Gasteiger partial charge on any atom is -0.417 e. The van der Waals surface area contributed by atoms with E-state index in [0.717, 1.165) is 35.5 Å². The summed E-state index contributed by atoms with van der Waals surface area (Å²) >= 11 is 1.43. The van der Waals surface area contributed by atoms with Crippen LogP contribution in [-0.2, 0) is 4.43 Å². The number of benzene rings is 1. The van der Waals surface area contributed by atoms with E-state index in [1.165, 1.54) is 11.3 Å². The fourth-order valence-electron chi connectivity index (χ4n) is 1.93. The van der Waals surface area contributed by atoms with Crippen molar-refractivity contribution in [1.82, 2.24) is 4.98 Å². The number of aromatic nitrogens is 1. The van der Waals surface area contributed by atoms with Gasteiger partial charge in [0.2, 0.25) is 0 Å². The Balaban J connectivity index is 1.82. The molecule has 0 aliphatic carbocycles. The molecule has 0 amide bonds. The molecule has 0 aliphatic heterocycles. The molecular weight excluding hydrogens is 322 g/mol. The molecule has 0 spiro atoms. The zero-order valence-corrected chi connectivity index (χ0v) is 16.4. The Morgan fingerprint density at radius 3 is 2.74 bits per heavy atom. The first-order valence-corrected chi connectivity index (χ1v) is 11.6. The lowest BCUT2D eigenvalue weighted by atomic mass is 10.2. The van der Waals surface area contributed by atoms with E-state index in [4.69, 9.17) is 9.69 Å². The van der Waals surface area contributed by atoms with E-state index in [9.17, 15) is 0 Å². The van der Waals surface area contributed by atoms with Gasteiger partial charge in [0.25, 0.3) is 0 Å². The van der Waals surface area contributed by atoms with Gasteiger partial charge in [-0.05, 0) is 42.8 Å². The monoisotopic (exact) mass is 347 g/mol. The Morgan fingerprint density at radius 1 is 1.35 bits per heavy atom. The molecule has 0 fully saturated rings. The van der Waals surface area contributed by atoms with E-state index in [1.54, 1.807) is 0 Å². The highest BCUT2D eigenvalue weighted by atomic mass is 32.1. The third-order valence-corrected chi connectivity index (χ3v) is 9.86. The fourth-order valence-corrected chi connectivity index (χ4v) is 3.82. The Morgan fingerprint density at radius 2 is 2.09 bits per heavy atom. The molecule has 1 aromatic carbocycles. The smallest absolute Gasteiger partial charge is 0.195 e. The third kappa shape index (κ3) is 4.53. The second-order valence-corrected chi connectivity index (χ2v) is 13.0. The van der Waals surface area contributed by atoms with Gasteiger partial charge in [0.05, 0.1) is 10.2 Å². The van der Waals surface area contributed by atoms with Gasteiger partial charge in [-0.2, -0.15) is 5.26 Å². The highest BCUT2D eigenvalue weighted by molar-refractivity contribution is 7.19. The Labute approximate surface area is 143 Å². The minimum absolute atomic E-state index is 0.260. The first-order valence-electron chi connectivity index (χ1n) is 7.91. The summed E-state index contributed by atoms with van der Waals surface area (Å²) in [4.78, 5) is 4.25. The topological polar surface area (TPSA) is 57.9 Å². The van der Waals surface area contributed by atoms with Crippen LogP contribution in [0.2, 0.25) is 18.1 Å². The summed E-state index contributed by atoms with van der Waals surface area (Å²) in [5, 5.41) is 13.1. The lowest BCUT2D eigenvalue weighted by molar-refractivity contribution is 0.286. The average Bonchev–Trinajstić information content (AvgIpc) is 2.87. The van der Waals surface area contributed by atoms with Gasteiger partial charge in [-0.3, -0.25) is 0 Å². The SMILES string of the molecule is CC(C)(C)[Si](C)(C)OCCCNc1ccc2nc(C#N)sc2c1. The maximum Gasteiger partial charge on any atom is 0.195 e. The van der Waals surface area contributed by atoms with Gasteiger partial charge in [0.1, 0.15) is 6.07 Å². The summed E-state index contributed by atoms with van der Waals surface area (Å²) in [6, 6.07) is 8.13. The lowest BCUT2D eigenvalue weighted by Crippen LogP contribution is -2.41. The van der Waals surface area contributed by atoms with Crippen LogP contribution in [0.5, 0.6) is 0 Å². The third-order valence-electron chi connectivity index (χ3n) is 4.40. The van der Waals surface area contributed by atoms with Crippen molar-refractivity contribution < 1.29 is 4.43 Å². The van der Waals surface area contributed by atoms with Crippen molar-refractivity contribution in [3.8, 4) is 6.07 Å². The zero-order valence-electron chi connectivity index (χ0n) is 14.6. The van der Waals surface area contributed by atoms with Crippen LogP contribution in [0.4, 0.5) is 5.69 Å². The van der Waals surface area contributed by atoms with Gasteiger partial charge in [0.15, 0.2) is 13.3 Å². The van der Waals surface area contributed by atoms with E-state index >= 15 is 0 Å². The molecule has 0 bridgehead atoms. The average molecular weight is 348 g/mol. The molecule has 2 rings (SSSR count). The van der Waals surface area contributed by atoms with Crippen molar-refractivity contribution in [2.45, 2.75) is 45.3 Å². The molecule has 0 saturated carbocycles. The maximum absolute atomic E-state index is 8.90. The van der Waals surface area contributed by atoms with E-state index in [0.29, 0.717) is 5.01 Å². The number of nitriles is 1. The van der Waals surface area contributed by atoms with E-state index < -0.39 is 8.32 Å². The van der Waals surface area contributed by atoms with Crippen molar-refractivity contribution in [1.29, 1.82) is 5.26 Å². The van der Waals surface area contributed by atoms with Crippen molar-refractivity contribution in [3.05, 3.63) is 23.2 Å². The summed E-state index contributed by atoms with van der Waals surface area (Å²) in [5.74, 6) is 0. The molecule has 0 atom stereocenters. The van der Waals surface area contributed by atoms with Gasteiger partial charge in [-0.25, -0.2) is 4.98 Å². The highest BCUT2D eigenvalue weighted by Gasteiger charge is 2.36. The summed E-state index contributed by atoms with van der Waals surface area (Å²) in [7, 11) is -1.64. The van der Waals surface area contributed by atoms with Gasteiger partial charge in [-0.1, -0.05) is 20.8 Å². The number of hydrogen-bond donors (Lipinski definition) is 1. The molecule has 2 aromatic rings. The molecular formula is C17H25N3OSSi. The van der Waals surface area contributed by atoms with Crippen LogP contribution in [0.25, 0.3) is 10.2 Å². The second kappa shape index (κ2) is 6.99. The summed E-state index contributed by atoms with van der Waals surface area (Å²) in [6.45, 7) is 13.0. The minimum atomic E-state index is -1.64. The predicted molar refractivity (Wildman–Crippen MR) is 101 cm³/mol. The molecule has 124 valence electrons. The van der Waals surface area contributed by atoms with Gasteiger partial charge >= 0.3 is 0 Å². The molecule has 4 nitrogen and oxygen atoms in total. The molecule has 23 heavy (non-hydrogen) atoms. The Kier molecular flexibility index (Phi) is 5.45. The predicted octanol–water partition coefficient (Wildman–Crippen LogP) is 4.99. The van der Waals surface area contributed by atoms with E-state index in [2.05, 4.69) is 56.3 Å². The van der Waals surface area contributed by atoms with Crippen LogP contribution >= 0.6 is 11.3 Å². The Bertz CT molecular complexity index is 713. The van der Waals surface area contributed by atoms with Gasteiger partial charge < -0.3 is 9.74 Å². The number of nitrogens with zero attached hydrogens (tertiary/aromatic N) is 2. The molecule has 1 heterocycles. The number of hydrogen-bond acceptors (Lipinski definition) is 5. The molecule has 0 aliphatic rings. The van der Waals surface area contributed by atoms with Crippen LogP contribution < -0.4 is 5.32 Å². The van der Waals surface area contributed by atoms with Crippen LogP contribution in [-0.4, -0.2) is 26.5 Å². The normalized spacial score (nSPS) is 12.3. The first kappa shape index (κ1) is 17.9. The largest absolute Gasteiger partial charge is 0.417 e. The maximum atomic E-state index is 8.90. The van der Waals surface area contributed by atoms with Crippen molar-refractivity contribution in [2.24, 2.45) is 0 Å². The van der Waals surface area contributed by atoms with Crippen LogP contribution in [0.3, 0.4) is 0 Å². The fraction of sp³-hybridized carbons (Fsp3) is 0.529. The van der Waals surface area contributed by atoms with E-state index in [1.807, 2.05) is 12.1 Å². The summed E-state index contributed by atoms with van der Waals surface area (Å²) < 4.78 is 7.22. The van der Waals surface area contributed by atoms with Gasteiger partial charge in [-0.15, -0.1) is 11.3 Å². The van der Waals surface area contributed by atoms with Crippen molar-refractivity contribution in [3.63, 3.8) is 0 Å². The van der Waals surface area contributed by atoms with E-state index in [-0.39, 0.29) is 5.04 Å².